The van der Waals surface area contributed by atoms with E-state index in [-0.39, 0.29) is 12.1 Å². The number of hydrogen-bond acceptors (Lipinski definition) is 2. The molecule has 4 heteroatoms. The maximum atomic E-state index is 13.8. The molecule has 0 aromatic heterocycles. The lowest BCUT2D eigenvalue weighted by Gasteiger charge is -2.28. The molecule has 1 aliphatic rings. The number of benzene rings is 1. The molecule has 0 bridgehead atoms. The summed E-state index contributed by atoms with van der Waals surface area (Å²) in [4.78, 5) is 0. The molecular formula is C16H23F2NO. The lowest BCUT2D eigenvalue weighted by Crippen LogP contribution is -2.28. The Morgan fingerprint density at radius 2 is 1.95 bits per heavy atom. The Morgan fingerprint density at radius 3 is 2.60 bits per heavy atom. The van der Waals surface area contributed by atoms with Gasteiger partial charge in [0, 0.05) is 5.56 Å². The highest BCUT2D eigenvalue weighted by Gasteiger charge is 2.22. The molecule has 2 nitrogen and oxygen atoms in total. The second-order valence-electron chi connectivity index (χ2n) is 5.70. The van der Waals surface area contributed by atoms with Crippen molar-refractivity contribution in [2.45, 2.75) is 44.8 Å². The zero-order chi connectivity index (χ0) is 14.5. The molecular weight excluding hydrogens is 260 g/mol. The van der Waals surface area contributed by atoms with Crippen LogP contribution in [0.4, 0.5) is 8.78 Å². The standard InChI is InChI=1S/C16H23F2NO/c1-11-6-8-12(9-7-11)20-10-15(19-2)13-4-3-5-14(17)16(13)18/h3-5,11-12,15,19H,6-10H2,1-2H3. The van der Waals surface area contributed by atoms with E-state index in [2.05, 4.69) is 12.2 Å². The van der Waals surface area contributed by atoms with Crippen LogP contribution in [0.2, 0.25) is 0 Å². The second kappa shape index (κ2) is 7.14. The molecule has 0 saturated heterocycles. The topological polar surface area (TPSA) is 21.3 Å². The molecule has 2 rings (SSSR count). The van der Waals surface area contributed by atoms with E-state index in [4.69, 9.17) is 4.74 Å². The third-order valence-corrected chi connectivity index (χ3v) is 4.17. The van der Waals surface area contributed by atoms with Crippen molar-refractivity contribution in [3.63, 3.8) is 0 Å². The first-order chi connectivity index (χ1) is 9.61. The van der Waals surface area contributed by atoms with Crippen LogP contribution in [-0.2, 0) is 4.74 Å². The van der Waals surface area contributed by atoms with Crippen LogP contribution in [0.5, 0.6) is 0 Å². The molecule has 1 atom stereocenters. The van der Waals surface area contributed by atoms with Gasteiger partial charge in [0.15, 0.2) is 11.6 Å². The minimum absolute atomic E-state index is 0.249. The van der Waals surface area contributed by atoms with E-state index in [0.29, 0.717) is 12.2 Å². The zero-order valence-electron chi connectivity index (χ0n) is 12.2. The quantitative estimate of drug-likeness (QED) is 0.887. The van der Waals surface area contributed by atoms with Crippen LogP contribution < -0.4 is 5.32 Å². The van der Waals surface area contributed by atoms with Gasteiger partial charge in [-0.2, -0.15) is 0 Å². The highest BCUT2D eigenvalue weighted by Crippen LogP contribution is 2.27. The van der Waals surface area contributed by atoms with Crippen molar-refractivity contribution in [3.8, 4) is 0 Å². The predicted octanol–water partition coefficient (Wildman–Crippen LogP) is 3.82. The summed E-state index contributed by atoms with van der Waals surface area (Å²) in [5.41, 5.74) is 0.330. The predicted molar refractivity (Wildman–Crippen MR) is 75.5 cm³/mol. The Kier molecular flexibility index (Phi) is 5.49. The molecule has 1 N–H and O–H groups in total. The van der Waals surface area contributed by atoms with E-state index in [9.17, 15) is 8.78 Å². The summed E-state index contributed by atoms with van der Waals surface area (Å²) in [6.45, 7) is 2.63. The smallest absolute Gasteiger partial charge is 0.163 e. The van der Waals surface area contributed by atoms with E-state index in [1.54, 1.807) is 13.1 Å². The molecule has 1 aromatic carbocycles. The van der Waals surface area contributed by atoms with Gasteiger partial charge in [0.1, 0.15) is 0 Å². The maximum Gasteiger partial charge on any atom is 0.163 e. The van der Waals surface area contributed by atoms with Crippen LogP contribution in [0.3, 0.4) is 0 Å². The van der Waals surface area contributed by atoms with Gasteiger partial charge >= 0.3 is 0 Å². The monoisotopic (exact) mass is 283 g/mol. The number of ether oxygens (including phenoxy) is 1. The van der Waals surface area contributed by atoms with Crippen LogP contribution in [0.25, 0.3) is 0 Å². The number of nitrogens with one attached hydrogen (secondary N) is 1. The maximum absolute atomic E-state index is 13.8. The molecule has 1 fully saturated rings. The van der Waals surface area contributed by atoms with Gasteiger partial charge in [-0.05, 0) is 44.7 Å². The number of hydrogen-bond donors (Lipinski definition) is 1. The van der Waals surface area contributed by atoms with Crippen LogP contribution in [0, 0.1) is 17.6 Å². The molecule has 1 aromatic rings. The fraction of sp³-hybridized carbons (Fsp3) is 0.625. The van der Waals surface area contributed by atoms with Crippen LogP contribution in [0.15, 0.2) is 18.2 Å². The Labute approximate surface area is 119 Å². The summed E-state index contributed by atoms with van der Waals surface area (Å²) in [5, 5.41) is 3.00. The summed E-state index contributed by atoms with van der Waals surface area (Å²) in [6, 6.07) is 3.95. The lowest BCUT2D eigenvalue weighted by atomic mass is 9.89. The largest absolute Gasteiger partial charge is 0.376 e. The molecule has 1 aliphatic carbocycles. The highest BCUT2D eigenvalue weighted by atomic mass is 19.2. The van der Waals surface area contributed by atoms with Crippen molar-refractivity contribution in [2.24, 2.45) is 5.92 Å². The summed E-state index contributed by atoms with van der Waals surface area (Å²) >= 11 is 0. The molecule has 20 heavy (non-hydrogen) atoms. The van der Waals surface area contributed by atoms with Crippen molar-refractivity contribution >= 4 is 0 Å². The van der Waals surface area contributed by atoms with E-state index >= 15 is 0 Å². The highest BCUT2D eigenvalue weighted by molar-refractivity contribution is 5.22. The molecule has 0 spiro atoms. The first kappa shape index (κ1) is 15.4. The summed E-state index contributed by atoms with van der Waals surface area (Å²) in [6.07, 6.45) is 4.73. The fourth-order valence-corrected chi connectivity index (χ4v) is 2.75. The van der Waals surface area contributed by atoms with E-state index < -0.39 is 11.6 Å². The first-order valence-corrected chi connectivity index (χ1v) is 7.34. The van der Waals surface area contributed by atoms with Crippen molar-refractivity contribution in [1.82, 2.24) is 5.32 Å². The molecule has 0 heterocycles. The van der Waals surface area contributed by atoms with Gasteiger partial charge in [0.25, 0.3) is 0 Å². The van der Waals surface area contributed by atoms with E-state index in [1.165, 1.54) is 18.9 Å². The number of halogens is 2. The lowest BCUT2D eigenvalue weighted by molar-refractivity contribution is 0.00834. The molecule has 1 saturated carbocycles. The van der Waals surface area contributed by atoms with Gasteiger partial charge in [-0.3, -0.25) is 0 Å². The molecule has 0 radical (unpaired) electrons. The SMILES string of the molecule is CNC(COC1CCC(C)CC1)c1cccc(F)c1F. The van der Waals surface area contributed by atoms with Gasteiger partial charge in [-0.1, -0.05) is 19.1 Å². The summed E-state index contributed by atoms with van der Waals surface area (Å²) < 4.78 is 32.9. The fourth-order valence-electron chi connectivity index (χ4n) is 2.75. The number of likely N-dealkylation sites (N-methyl/N-ethyl adjacent to an activating group) is 1. The Morgan fingerprint density at radius 1 is 1.25 bits per heavy atom. The number of rotatable bonds is 5. The third-order valence-electron chi connectivity index (χ3n) is 4.17. The van der Waals surface area contributed by atoms with Gasteiger partial charge in [0.2, 0.25) is 0 Å². The summed E-state index contributed by atoms with van der Waals surface area (Å²) in [5.74, 6) is -0.822. The van der Waals surface area contributed by atoms with Crippen LogP contribution >= 0.6 is 0 Å². The van der Waals surface area contributed by atoms with Crippen molar-refractivity contribution in [2.75, 3.05) is 13.7 Å². The zero-order valence-corrected chi connectivity index (χ0v) is 12.2. The summed E-state index contributed by atoms with van der Waals surface area (Å²) in [7, 11) is 1.74. The Hall–Kier alpha value is -1.00. The van der Waals surface area contributed by atoms with E-state index in [1.807, 2.05) is 0 Å². The minimum Gasteiger partial charge on any atom is -0.376 e. The van der Waals surface area contributed by atoms with Gasteiger partial charge in [-0.25, -0.2) is 8.78 Å². The molecule has 112 valence electrons. The van der Waals surface area contributed by atoms with Gasteiger partial charge < -0.3 is 10.1 Å². The second-order valence-corrected chi connectivity index (χ2v) is 5.70. The van der Waals surface area contributed by atoms with Crippen molar-refractivity contribution < 1.29 is 13.5 Å². The Balaban J connectivity index is 1.94. The molecule has 0 aliphatic heterocycles. The van der Waals surface area contributed by atoms with Crippen LogP contribution in [0.1, 0.15) is 44.2 Å². The average molecular weight is 283 g/mol. The average Bonchev–Trinajstić information content (AvgIpc) is 2.45. The first-order valence-electron chi connectivity index (χ1n) is 7.34. The van der Waals surface area contributed by atoms with Gasteiger partial charge in [-0.15, -0.1) is 0 Å². The molecule has 0 amide bonds. The van der Waals surface area contributed by atoms with Crippen molar-refractivity contribution in [1.29, 1.82) is 0 Å². The third kappa shape index (κ3) is 3.76. The van der Waals surface area contributed by atoms with Crippen molar-refractivity contribution in [3.05, 3.63) is 35.4 Å². The molecule has 1 unspecified atom stereocenters. The Bertz CT molecular complexity index is 430. The normalized spacial score (nSPS) is 24.6. The van der Waals surface area contributed by atoms with E-state index in [0.717, 1.165) is 24.8 Å². The minimum atomic E-state index is -0.811. The van der Waals surface area contributed by atoms with Crippen LogP contribution in [-0.4, -0.2) is 19.8 Å². The van der Waals surface area contributed by atoms with Gasteiger partial charge in [0.05, 0.1) is 18.8 Å².